The van der Waals surface area contributed by atoms with E-state index in [1.807, 2.05) is 47.4 Å². The molecule has 1 saturated carbocycles. The molecular formula is C24H26N4O2. The highest BCUT2D eigenvalue weighted by Crippen LogP contribution is 2.38. The van der Waals surface area contributed by atoms with E-state index in [4.69, 9.17) is 4.98 Å². The Morgan fingerprint density at radius 3 is 2.60 bits per heavy atom. The van der Waals surface area contributed by atoms with Gasteiger partial charge in [-0.3, -0.25) is 9.59 Å². The Bertz CT molecular complexity index is 1060. The smallest absolute Gasteiger partial charge is 0.253 e. The third kappa shape index (κ3) is 3.70. The first-order valence-electron chi connectivity index (χ1n) is 10.7. The van der Waals surface area contributed by atoms with Crippen molar-refractivity contribution in [2.24, 2.45) is 11.8 Å². The monoisotopic (exact) mass is 402 g/mol. The number of benzene rings is 2. The number of hydrogen-bond acceptors (Lipinski definition) is 3. The van der Waals surface area contributed by atoms with Crippen LogP contribution in [0.3, 0.4) is 0 Å². The highest BCUT2D eigenvalue weighted by molar-refractivity contribution is 5.98. The van der Waals surface area contributed by atoms with Gasteiger partial charge in [0.1, 0.15) is 5.82 Å². The molecule has 6 nitrogen and oxygen atoms in total. The number of amides is 2. The summed E-state index contributed by atoms with van der Waals surface area (Å²) >= 11 is 0. The third-order valence-corrected chi connectivity index (χ3v) is 6.40. The summed E-state index contributed by atoms with van der Waals surface area (Å²) in [4.78, 5) is 35.3. The summed E-state index contributed by atoms with van der Waals surface area (Å²) in [7, 11) is 0. The molecule has 154 valence electrons. The number of rotatable bonds is 4. The van der Waals surface area contributed by atoms with Gasteiger partial charge in [0.25, 0.3) is 5.91 Å². The summed E-state index contributed by atoms with van der Waals surface area (Å²) in [5, 5.41) is 2.95. The van der Waals surface area contributed by atoms with Crippen LogP contribution in [0.4, 0.5) is 5.69 Å². The van der Waals surface area contributed by atoms with Crippen LogP contribution in [0.2, 0.25) is 0 Å². The molecule has 0 radical (unpaired) electrons. The Kier molecular flexibility index (Phi) is 4.77. The molecule has 3 aromatic rings. The van der Waals surface area contributed by atoms with E-state index in [1.165, 1.54) is 0 Å². The number of carbonyl (C=O) groups excluding carboxylic acids is 2. The number of likely N-dealkylation sites (tertiary alicyclic amines) is 1. The van der Waals surface area contributed by atoms with E-state index in [0.717, 1.165) is 36.1 Å². The molecule has 1 saturated heterocycles. The number of anilines is 1. The molecule has 2 heterocycles. The molecule has 2 fully saturated rings. The van der Waals surface area contributed by atoms with Crippen molar-refractivity contribution in [2.75, 3.05) is 18.4 Å². The number of imidazole rings is 1. The third-order valence-electron chi connectivity index (χ3n) is 6.40. The van der Waals surface area contributed by atoms with Gasteiger partial charge in [-0.1, -0.05) is 25.1 Å². The largest absolute Gasteiger partial charge is 0.342 e. The zero-order valence-corrected chi connectivity index (χ0v) is 17.1. The molecular weight excluding hydrogens is 376 g/mol. The second kappa shape index (κ2) is 7.59. The van der Waals surface area contributed by atoms with E-state index >= 15 is 0 Å². The van der Waals surface area contributed by atoms with Gasteiger partial charge in [0, 0.05) is 36.2 Å². The van der Waals surface area contributed by atoms with Crippen molar-refractivity contribution in [1.29, 1.82) is 0 Å². The van der Waals surface area contributed by atoms with E-state index in [2.05, 4.69) is 17.2 Å². The molecule has 2 amide bonds. The maximum Gasteiger partial charge on any atom is 0.253 e. The number of piperidine rings is 1. The molecule has 2 atom stereocenters. The minimum atomic E-state index is 0.0222. The first-order valence-corrected chi connectivity index (χ1v) is 10.7. The van der Waals surface area contributed by atoms with Gasteiger partial charge >= 0.3 is 0 Å². The molecule has 0 bridgehead atoms. The maximum atomic E-state index is 13.0. The lowest BCUT2D eigenvalue weighted by atomic mass is 9.95. The van der Waals surface area contributed by atoms with Crippen LogP contribution in [-0.2, 0) is 4.79 Å². The van der Waals surface area contributed by atoms with Crippen molar-refractivity contribution in [3.8, 4) is 0 Å². The van der Waals surface area contributed by atoms with Crippen molar-refractivity contribution in [2.45, 2.75) is 32.1 Å². The minimum absolute atomic E-state index is 0.0222. The fourth-order valence-corrected chi connectivity index (χ4v) is 4.36. The summed E-state index contributed by atoms with van der Waals surface area (Å²) in [6.45, 7) is 3.49. The van der Waals surface area contributed by atoms with Crippen molar-refractivity contribution >= 4 is 28.5 Å². The highest BCUT2D eigenvalue weighted by Gasteiger charge is 2.39. The number of fused-ring (bicyclic) bond motifs is 1. The molecule has 2 N–H and O–H groups in total. The van der Waals surface area contributed by atoms with Gasteiger partial charge in [0.2, 0.25) is 5.91 Å². The maximum absolute atomic E-state index is 13.0. The van der Waals surface area contributed by atoms with Gasteiger partial charge in [0.05, 0.1) is 11.0 Å². The lowest BCUT2D eigenvalue weighted by Crippen LogP contribution is -2.38. The van der Waals surface area contributed by atoms with E-state index in [0.29, 0.717) is 36.2 Å². The summed E-state index contributed by atoms with van der Waals surface area (Å²) in [6, 6.07) is 15.4. The van der Waals surface area contributed by atoms with Crippen LogP contribution in [0.25, 0.3) is 11.0 Å². The summed E-state index contributed by atoms with van der Waals surface area (Å²) in [6.07, 6.45) is 2.73. The molecule has 1 aromatic heterocycles. The number of hydrogen-bond donors (Lipinski definition) is 2. The van der Waals surface area contributed by atoms with Crippen LogP contribution in [-0.4, -0.2) is 39.8 Å². The lowest BCUT2D eigenvalue weighted by Gasteiger charge is -2.31. The highest BCUT2D eigenvalue weighted by atomic mass is 16.2. The van der Waals surface area contributed by atoms with Crippen molar-refractivity contribution in [3.05, 3.63) is 59.9 Å². The van der Waals surface area contributed by atoms with Crippen LogP contribution in [0.5, 0.6) is 0 Å². The summed E-state index contributed by atoms with van der Waals surface area (Å²) in [5.74, 6) is 2.01. The topological polar surface area (TPSA) is 78.1 Å². The quantitative estimate of drug-likeness (QED) is 0.687. The number of para-hydroxylation sites is 2. The van der Waals surface area contributed by atoms with Gasteiger partial charge in [-0.2, -0.15) is 0 Å². The van der Waals surface area contributed by atoms with Crippen molar-refractivity contribution < 1.29 is 9.59 Å². The van der Waals surface area contributed by atoms with Crippen LogP contribution in [0.15, 0.2) is 48.5 Å². The number of carbonyl (C=O) groups is 2. The molecule has 2 aliphatic rings. The SMILES string of the molecule is CC1CC1C(=O)Nc1cccc(C(=O)N2CCC(c3nc4ccccc4[nH]3)CC2)c1. The normalized spacial score (nSPS) is 21.6. The zero-order chi connectivity index (χ0) is 20.7. The van der Waals surface area contributed by atoms with Crippen LogP contribution in [0, 0.1) is 11.8 Å². The number of nitrogens with one attached hydrogen (secondary N) is 2. The van der Waals surface area contributed by atoms with Crippen LogP contribution in [0.1, 0.15) is 48.3 Å². The first kappa shape index (κ1) is 18.9. The van der Waals surface area contributed by atoms with Gasteiger partial charge in [-0.15, -0.1) is 0 Å². The van der Waals surface area contributed by atoms with Crippen molar-refractivity contribution in [1.82, 2.24) is 14.9 Å². The average molecular weight is 402 g/mol. The minimum Gasteiger partial charge on any atom is -0.342 e. The second-order valence-corrected chi connectivity index (χ2v) is 8.60. The molecule has 30 heavy (non-hydrogen) atoms. The fourth-order valence-electron chi connectivity index (χ4n) is 4.36. The Balaban J connectivity index is 1.22. The molecule has 0 spiro atoms. The van der Waals surface area contributed by atoms with E-state index in [-0.39, 0.29) is 17.7 Å². The molecule has 2 aromatic carbocycles. The average Bonchev–Trinajstić information content (AvgIpc) is 3.35. The fraction of sp³-hybridized carbons (Fsp3) is 0.375. The summed E-state index contributed by atoms with van der Waals surface area (Å²) in [5.41, 5.74) is 3.37. The van der Waals surface area contributed by atoms with E-state index < -0.39 is 0 Å². The van der Waals surface area contributed by atoms with Crippen LogP contribution >= 0.6 is 0 Å². The Hall–Kier alpha value is -3.15. The number of nitrogens with zero attached hydrogens (tertiary/aromatic N) is 2. The molecule has 1 aliphatic heterocycles. The van der Waals surface area contributed by atoms with Gasteiger partial charge in [-0.05, 0) is 55.5 Å². The van der Waals surface area contributed by atoms with Gasteiger partial charge < -0.3 is 15.2 Å². The zero-order valence-electron chi connectivity index (χ0n) is 17.1. The van der Waals surface area contributed by atoms with Gasteiger partial charge in [-0.25, -0.2) is 4.98 Å². The lowest BCUT2D eigenvalue weighted by molar-refractivity contribution is -0.117. The standard InChI is InChI=1S/C24H26N4O2/c1-15-13-19(15)23(29)25-18-6-4-5-17(14-18)24(30)28-11-9-16(10-12-28)22-26-20-7-2-3-8-21(20)27-22/h2-8,14-16,19H,9-13H2,1H3,(H,25,29)(H,26,27). The number of aromatic amines is 1. The molecule has 5 rings (SSSR count). The first-order chi connectivity index (χ1) is 14.6. The Morgan fingerprint density at radius 2 is 1.87 bits per heavy atom. The van der Waals surface area contributed by atoms with E-state index in [9.17, 15) is 9.59 Å². The van der Waals surface area contributed by atoms with Gasteiger partial charge in [0.15, 0.2) is 0 Å². The molecule has 1 aliphatic carbocycles. The number of H-pyrrole nitrogens is 1. The summed E-state index contributed by atoms with van der Waals surface area (Å²) < 4.78 is 0. The van der Waals surface area contributed by atoms with E-state index in [1.54, 1.807) is 6.07 Å². The second-order valence-electron chi connectivity index (χ2n) is 8.60. The Labute approximate surface area is 175 Å². The van der Waals surface area contributed by atoms with Crippen LogP contribution < -0.4 is 5.32 Å². The predicted octanol–water partition coefficient (Wildman–Crippen LogP) is 4.18. The molecule has 6 heteroatoms. The molecule has 2 unspecified atom stereocenters. The Morgan fingerprint density at radius 1 is 1.10 bits per heavy atom. The predicted molar refractivity (Wildman–Crippen MR) is 116 cm³/mol. The van der Waals surface area contributed by atoms with Crippen molar-refractivity contribution in [3.63, 3.8) is 0 Å². The number of aromatic nitrogens is 2.